The molecule has 1 heterocycles. The Labute approximate surface area is 78.0 Å². The van der Waals surface area contributed by atoms with E-state index < -0.39 is 5.97 Å². The number of nitrogens with zero attached hydrogens (tertiary/aromatic N) is 1. The van der Waals surface area contributed by atoms with Crippen LogP contribution >= 0.6 is 22.9 Å². The summed E-state index contributed by atoms with van der Waals surface area (Å²) in [5, 5.41) is 8.64. The molecule has 0 spiro atoms. The van der Waals surface area contributed by atoms with Gasteiger partial charge in [-0.25, -0.2) is 4.98 Å². The van der Waals surface area contributed by atoms with Crippen molar-refractivity contribution in [2.75, 3.05) is 0 Å². The normalized spacial score (nSPS) is 27.1. The lowest BCUT2D eigenvalue weighted by Gasteiger charge is -1.88. The van der Waals surface area contributed by atoms with Gasteiger partial charge in [-0.2, -0.15) is 0 Å². The third-order valence-corrected chi connectivity index (χ3v) is 3.22. The predicted octanol–water partition coefficient (Wildman–Crippen LogP) is 1.98. The van der Waals surface area contributed by atoms with Gasteiger partial charge in [-0.05, 0) is 6.42 Å². The highest BCUT2D eigenvalue weighted by Gasteiger charge is 2.45. The average Bonchev–Trinajstić information content (AvgIpc) is 2.70. The zero-order valence-corrected chi connectivity index (χ0v) is 7.60. The summed E-state index contributed by atoms with van der Waals surface area (Å²) in [4.78, 5) is 15.4. The molecule has 1 aliphatic carbocycles. The number of carboxylic acid groups (broad SMARTS) is 1. The second-order valence-electron chi connectivity index (χ2n) is 2.80. The molecule has 5 heteroatoms. The Hall–Kier alpha value is -0.610. The number of aromatic nitrogens is 1. The summed E-state index contributed by atoms with van der Waals surface area (Å²) in [5.41, 5.74) is 0. The molecule has 1 aliphatic rings. The molecule has 3 nitrogen and oxygen atoms in total. The average molecular weight is 204 g/mol. The topological polar surface area (TPSA) is 50.2 Å². The second-order valence-corrected chi connectivity index (χ2v) is 4.45. The van der Waals surface area contributed by atoms with Gasteiger partial charge in [0, 0.05) is 17.0 Å². The molecule has 1 N–H and O–H groups in total. The first-order valence-electron chi connectivity index (χ1n) is 3.52. The van der Waals surface area contributed by atoms with E-state index in [2.05, 4.69) is 4.98 Å². The van der Waals surface area contributed by atoms with E-state index in [9.17, 15) is 4.79 Å². The summed E-state index contributed by atoms with van der Waals surface area (Å²) < 4.78 is 0.487. The summed E-state index contributed by atoms with van der Waals surface area (Å²) >= 11 is 6.99. The first kappa shape index (κ1) is 8.01. The van der Waals surface area contributed by atoms with Gasteiger partial charge < -0.3 is 5.11 Å². The van der Waals surface area contributed by atoms with Crippen LogP contribution in [0.4, 0.5) is 0 Å². The van der Waals surface area contributed by atoms with E-state index in [4.69, 9.17) is 16.7 Å². The smallest absolute Gasteiger partial charge is 0.307 e. The first-order valence-corrected chi connectivity index (χ1v) is 4.72. The van der Waals surface area contributed by atoms with Gasteiger partial charge in [0.05, 0.1) is 5.92 Å². The fourth-order valence-corrected chi connectivity index (χ4v) is 2.35. The Morgan fingerprint density at radius 2 is 2.58 bits per heavy atom. The van der Waals surface area contributed by atoms with Crippen LogP contribution in [-0.2, 0) is 4.79 Å². The largest absolute Gasteiger partial charge is 0.481 e. The van der Waals surface area contributed by atoms with Crippen molar-refractivity contribution in [1.29, 1.82) is 0 Å². The van der Waals surface area contributed by atoms with Crippen molar-refractivity contribution in [2.24, 2.45) is 5.92 Å². The lowest BCUT2D eigenvalue weighted by molar-refractivity contribution is -0.138. The highest BCUT2D eigenvalue weighted by atomic mass is 35.5. The zero-order chi connectivity index (χ0) is 8.72. The van der Waals surface area contributed by atoms with E-state index >= 15 is 0 Å². The van der Waals surface area contributed by atoms with Gasteiger partial charge in [0.1, 0.15) is 0 Å². The molecular formula is C7H6ClNO2S. The van der Waals surface area contributed by atoms with E-state index in [1.807, 2.05) is 0 Å². The number of halogens is 1. The molecule has 0 bridgehead atoms. The first-order chi connectivity index (χ1) is 5.68. The fraction of sp³-hybridized carbons (Fsp3) is 0.429. The maximum atomic E-state index is 10.5. The van der Waals surface area contributed by atoms with Gasteiger partial charge in [-0.3, -0.25) is 4.79 Å². The Bertz CT molecular complexity index is 325. The van der Waals surface area contributed by atoms with Crippen LogP contribution in [0.5, 0.6) is 0 Å². The standard InChI is InChI=1S/C7H6ClNO2S/c8-7-9-2-5(12-7)3-1-4(3)6(10)11/h2-4H,1H2,(H,10,11). The highest BCUT2D eigenvalue weighted by Crippen LogP contribution is 2.49. The lowest BCUT2D eigenvalue weighted by Crippen LogP contribution is -1.97. The number of carbonyl (C=O) groups is 1. The van der Waals surface area contributed by atoms with E-state index in [0.29, 0.717) is 4.47 Å². The van der Waals surface area contributed by atoms with Gasteiger partial charge in [0.2, 0.25) is 0 Å². The van der Waals surface area contributed by atoms with Gasteiger partial charge in [0.15, 0.2) is 4.47 Å². The maximum absolute atomic E-state index is 10.5. The van der Waals surface area contributed by atoms with Crippen molar-refractivity contribution in [2.45, 2.75) is 12.3 Å². The molecule has 12 heavy (non-hydrogen) atoms. The van der Waals surface area contributed by atoms with Crippen molar-refractivity contribution in [1.82, 2.24) is 4.98 Å². The van der Waals surface area contributed by atoms with E-state index in [-0.39, 0.29) is 11.8 Å². The molecule has 2 atom stereocenters. The zero-order valence-electron chi connectivity index (χ0n) is 6.03. The van der Waals surface area contributed by atoms with Gasteiger partial charge in [0.25, 0.3) is 0 Å². The maximum Gasteiger partial charge on any atom is 0.307 e. The summed E-state index contributed by atoms with van der Waals surface area (Å²) in [6, 6.07) is 0. The third kappa shape index (κ3) is 1.32. The summed E-state index contributed by atoms with van der Waals surface area (Å²) in [5.74, 6) is -0.765. The molecule has 0 amide bonds. The number of rotatable bonds is 2. The summed E-state index contributed by atoms with van der Waals surface area (Å²) in [7, 11) is 0. The molecule has 0 aliphatic heterocycles. The fourth-order valence-electron chi connectivity index (χ4n) is 1.22. The minimum atomic E-state index is -0.718. The molecule has 1 aromatic rings. The Kier molecular flexibility index (Phi) is 1.81. The Morgan fingerprint density at radius 1 is 1.83 bits per heavy atom. The minimum Gasteiger partial charge on any atom is -0.481 e. The molecule has 0 saturated heterocycles. The number of aliphatic carboxylic acids is 1. The predicted molar refractivity (Wildman–Crippen MR) is 45.6 cm³/mol. The number of hydrogen-bond acceptors (Lipinski definition) is 3. The number of thiazole rings is 1. The van der Waals surface area contributed by atoms with E-state index in [0.717, 1.165) is 11.3 Å². The molecule has 2 rings (SSSR count). The minimum absolute atomic E-state index is 0.160. The van der Waals surface area contributed by atoms with Gasteiger partial charge >= 0.3 is 5.97 Å². The van der Waals surface area contributed by atoms with Crippen LogP contribution in [0.2, 0.25) is 4.47 Å². The molecule has 1 aromatic heterocycles. The van der Waals surface area contributed by atoms with E-state index in [1.54, 1.807) is 6.20 Å². The van der Waals surface area contributed by atoms with Crippen LogP contribution in [0.1, 0.15) is 17.2 Å². The molecule has 1 fully saturated rings. The van der Waals surface area contributed by atoms with Crippen molar-refractivity contribution >= 4 is 28.9 Å². The molecule has 1 saturated carbocycles. The number of hydrogen-bond donors (Lipinski definition) is 1. The monoisotopic (exact) mass is 203 g/mol. The van der Waals surface area contributed by atoms with Gasteiger partial charge in [-0.15, -0.1) is 11.3 Å². The molecule has 0 radical (unpaired) electrons. The van der Waals surface area contributed by atoms with Crippen molar-refractivity contribution in [3.05, 3.63) is 15.5 Å². The van der Waals surface area contributed by atoms with Crippen LogP contribution in [0.15, 0.2) is 6.20 Å². The molecule has 0 aromatic carbocycles. The highest BCUT2D eigenvalue weighted by molar-refractivity contribution is 7.15. The lowest BCUT2D eigenvalue weighted by atomic mass is 10.3. The van der Waals surface area contributed by atoms with Crippen LogP contribution in [0, 0.1) is 5.92 Å². The third-order valence-electron chi connectivity index (χ3n) is 1.97. The van der Waals surface area contributed by atoms with Crippen LogP contribution < -0.4 is 0 Å². The van der Waals surface area contributed by atoms with Crippen molar-refractivity contribution < 1.29 is 9.90 Å². The Balaban J connectivity index is 2.10. The molecule has 2 unspecified atom stereocenters. The summed E-state index contributed by atoms with van der Waals surface area (Å²) in [6.07, 6.45) is 2.40. The quantitative estimate of drug-likeness (QED) is 0.800. The van der Waals surface area contributed by atoms with E-state index in [1.165, 1.54) is 11.3 Å². The second kappa shape index (κ2) is 2.71. The Morgan fingerprint density at radius 3 is 3.00 bits per heavy atom. The van der Waals surface area contributed by atoms with Crippen molar-refractivity contribution in [3.8, 4) is 0 Å². The summed E-state index contributed by atoms with van der Waals surface area (Å²) in [6.45, 7) is 0. The van der Waals surface area contributed by atoms with Gasteiger partial charge in [-0.1, -0.05) is 11.6 Å². The van der Waals surface area contributed by atoms with Crippen LogP contribution in [0.3, 0.4) is 0 Å². The number of carboxylic acids is 1. The van der Waals surface area contributed by atoms with Crippen LogP contribution in [-0.4, -0.2) is 16.1 Å². The molecular weight excluding hydrogens is 198 g/mol. The van der Waals surface area contributed by atoms with Crippen molar-refractivity contribution in [3.63, 3.8) is 0 Å². The van der Waals surface area contributed by atoms with Crippen LogP contribution in [0.25, 0.3) is 0 Å². The SMILES string of the molecule is O=C(O)C1CC1c1cnc(Cl)s1. The molecule has 64 valence electrons.